The van der Waals surface area contributed by atoms with E-state index in [4.69, 9.17) is 14.2 Å². The van der Waals surface area contributed by atoms with Gasteiger partial charge in [0.25, 0.3) is 0 Å². The summed E-state index contributed by atoms with van der Waals surface area (Å²) in [6, 6.07) is 24.1. The highest BCUT2D eigenvalue weighted by molar-refractivity contribution is 5.96. The smallest absolute Gasteiger partial charge is 0.198 e. The maximum Gasteiger partial charge on any atom is 0.198 e. The third-order valence-corrected chi connectivity index (χ3v) is 5.93. The van der Waals surface area contributed by atoms with Crippen LogP contribution in [0, 0.1) is 6.92 Å². The van der Waals surface area contributed by atoms with Crippen LogP contribution in [0.3, 0.4) is 0 Å². The van der Waals surface area contributed by atoms with Crippen molar-refractivity contribution in [2.24, 2.45) is 0 Å². The van der Waals surface area contributed by atoms with Crippen molar-refractivity contribution >= 4 is 5.78 Å². The lowest BCUT2D eigenvalue weighted by Crippen LogP contribution is -2.37. The van der Waals surface area contributed by atoms with E-state index in [-0.39, 0.29) is 11.7 Å². The Labute approximate surface area is 215 Å². The molecule has 0 saturated carbocycles. The number of ketones is 1. The van der Waals surface area contributed by atoms with E-state index in [1.54, 1.807) is 13.8 Å². The van der Waals surface area contributed by atoms with Gasteiger partial charge in [0, 0.05) is 11.5 Å². The predicted octanol–water partition coefficient (Wildman–Crippen LogP) is 7.36. The second-order valence-corrected chi connectivity index (χ2v) is 9.33. The highest BCUT2D eigenvalue weighted by atomic mass is 16.5. The Bertz CT molecular complexity index is 1160. The van der Waals surface area contributed by atoms with E-state index in [0.29, 0.717) is 25.6 Å². The predicted molar refractivity (Wildman–Crippen MR) is 146 cm³/mol. The van der Waals surface area contributed by atoms with Gasteiger partial charge >= 0.3 is 0 Å². The first-order valence-corrected chi connectivity index (χ1v) is 12.3. The van der Waals surface area contributed by atoms with Gasteiger partial charge in [-0.2, -0.15) is 0 Å². The molecule has 3 aromatic carbocycles. The first kappa shape index (κ1) is 27.0. The Hall–Kier alpha value is -3.63. The van der Waals surface area contributed by atoms with Crippen LogP contribution in [0.2, 0.25) is 0 Å². The van der Waals surface area contributed by atoms with Gasteiger partial charge in [-0.05, 0) is 55.7 Å². The van der Waals surface area contributed by atoms with E-state index >= 15 is 0 Å². The van der Waals surface area contributed by atoms with Crippen LogP contribution in [-0.4, -0.2) is 18.0 Å². The van der Waals surface area contributed by atoms with Crippen LogP contribution in [0.4, 0.5) is 0 Å². The number of rotatable bonds is 13. The summed E-state index contributed by atoms with van der Waals surface area (Å²) in [7, 11) is 0. The largest absolute Gasteiger partial charge is 0.489 e. The summed E-state index contributed by atoms with van der Waals surface area (Å²) in [4.78, 5) is 12.4. The minimum atomic E-state index is -1.03. The van der Waals surface area contributed by atoms with Crippen molar-refractivity contribution < 1.29 is 19.0 Å². The topological polar surface area (TPSA) is 44.8 Å². The Morgan fingerprint density at radius 3 is 2.17 bits per heavy atom. The molecule has 1 atom stereocenters. The summed E-state index contributed by atoms with van der Waals surface area (Å²) >= 11 is 0. The van der Waals surface area contributed by atoms with E-state index in [0.717, 1.165) is 28.0 Å². The number of benzene rings is 3. The lowest BCUT2D eigenvalue weighted by atomic mass is 9.96. The molecule has 0 aliphatic heterocycles. The van der Waals surface area contributed by atoms with E-state index in [9.17, 15) is 4.79 Å². The second-order valence-electron chi connectivity index (χ2n) is 9.33. The molecule has 0 bridgehead atoms. The minimum absolute atomic E-state index is 0.00892. The fourth-order valence-electron chi connectivity index (χ4n) is 3.77. The monoisotopic (exact) mass is 484 g/mol. The Kier molecular flexibility index (Phi) is 9.66. The zero-order valence-electron chi connectivity index (χ0n) is 21.7. The fraction of sp³-hybridized carbons (Fsp3) is 0.281. The molecular weight excluding hydrogens is 448 g/mol. The minimum Gasteiger partial charge on any atom is -0.489 e. The number of allylic oxidation sites excluding steroid dienone is 1. The van der Waals surface area contributed by atoms with Crippen molar-refractivity contribution in [2.45, 2.75) is 52.4 Å². The van der Waals surface area contributed by atoms with Crippen LogP contribution in [0.25, 0.3) is 0 Å². The van der Waals surface area contributed by atoms with Crippen LogP contribution < -0.4 is 9.47 Å². The van der Waals surface area contributed by atoms with Gasteiger partial charge in [0.2, 0.25) is 0 Å². The summed E-state index contributed by atoms with van der Waals surface area (Å²) in [5, 5.41) is 0. The molecule has 0 unspecified atom stereocenters. The standard InChI is InChI=1S/C32H36O4/c1-6-31(33)32(4,5)36-30-20-25(3)29(35-23-27-17-11-8-12-18-27)21-28(30)24(2)14-13-19-34-22-26-15-9-7-10-16-26/h6-18,20-21,24H,1,19,22-23H2,2-5H3/b14-13+/t24-/m1/s1. The molecule has 3 aromatic rings. The second kappa shape index (κ2) is 12.9. The van der Waals surface area contributed by atoms with Crippen molar-refractivity contribution in [2.75, 3.05) is 6.61 Å². The van der Waals surface area contributed by atoms with Gasteiger partial charge in [-0.1, -0.05) is 86.3 Å². The molecule has 188 valence electrons. The number of hydrogen-bond acceptors (Lipinski definition) is 4. The third kappa shape index (κ3) is 7.69. The highest BCUT2D eigenvalue weighted by Crippen LogP contribution is 2.36. The molecule has 36 heavy (non-hydrogen) atoms. The van der Waals surface area contributed by atoms with Crippen LogP contribution in [0.1, 0.15) is 48.9 Å². The average molecular weight is 485 g/mol. The first-order chi connectivity index (χ1) is 17.3. The number of carbonyl (C=O) groups excluding carboxylic acids is 1. The quantitative estimate of drug-likeness (QED) is 0.144. The zero-order valence-corrected chi connectivity index (χ0v) is 21.7. The van der Waals surface area contributed by atoms with Crippen LogP contribution >= 0.6 is 0 Å². The molecule has 0 saturated heterocycles. The third-order valence-electron chi connectivity index (χ3n) is 5.93. The van der Waals surface area contributed by atoms with Crippen molar-refractivity contribution in [3.63, 3.8) is 0 Å². The van der Waals surface area contributed by atoms with Crippen molar-refractivity contribution in [1.29, 1.82) is 0 Å². The van der Waals surface area contributed by atoms with E-state index in [2.05, 4.69) is 19.6 Å². The SMILES string of the molecule is C=CC(=O)C(C)(C)Oc1cc(C)c(OCc2ccccc2)cc1[C@H](C)/C=C/COCc1ccccc1. The number of ether oxygens (including phenoxy) is 3. The van der Waals surface area contributed by atoms with E-state index < -0.39 is 5.60 Å². The Morgan fingerprint density at radius 1 is 0.944 bits per heavy atom. The summed E-state index contributed by atoms with van der Waals surface area (Å²) < 4.78 is 18.2. The Balaban J connectivity index is 1.78. The van der Waals surface area contributed by atoms with Crippen LogP contribution in [0.15, 0.2) is 97.6 Å². The number of aryl methyl sites for hydroxylation is 1. The van der Waals surface area contributed by atoms with Crippen LogP contribution in [0.5, 0.6) is 11.5 Å². The summed E-state index contributed by atoms with van der Waals surface area (Å²) in [6.07, 6.45) is 5.41. The van der Waals surface area contributed by atoms with Crippen molar-refractivity contribution in [1.82, 2.24) is 0 Å². The van der Waals surface area contributed by atoms with Gasteiger partial charge < -0.3 is 14.2 Å². The van der Waals surface area contributed by atoms with Gasteiger partial charge in [-0.15, -0.1) is 0 Å². The molecule has 0 heterocycles. The lowest BCUT2D eigenvalue weighted by molar-refractivity contribution is -0.126. The molecule has 4 heteroatoms. The maximum atomic E-state index is 12.4. The van der Waals surface area contributed by atoms with Crippen molar-refractivity contribution in [3.8, 4) is 11.5 Å². The molecule has 0 aliphatic carbocycles. The average Bonchev–Trinajstić information content (AvgIpc) is 2.88. The molecule has 0 N–H and O–H groups in total. The lowest BCUT2D eigenvalue weighted by Gasteiger charge is -2.27. The molecule has 4 nitrogen and oxygen atoms in total. The number of hydrogen-bond donors (Lipinski definition) is 0. The van der Waals surface area contributed by atoms with Crippen molar-refractivity contribution in [3.05, 3.63) is 120 Å². The number of carbonyl (C=O) groups is 1. The molecule has 0 radical (unpaired) electrons. The van der Waals surface area contributed by atoms with Gasteiger partial charge in [-0.3, -0.25) is 4.79 Å². The molecule has 0 spiro atoms. The highest BCUT2D eigenvalue weighted by Gasteiger charge is 2.29. The molecule has 0 aromatic heterocycles. The first-order valence-electron chi connectivity index (χ1n) is 12.3. The molecule has 0 aliphatic rings. The van der Waals surface area contributed by atoms with Gasteiger partial charge in [0.05, 0.1) is 13.2 Å². The zero-order chi connectivity index (χ0) is 26.0. The summed E-state index contributed by atoms with van der Waals surface area (Å²) in [5.74, 6) is 1.28. The molecule has 0 amide bonds. The molecule has 0 fully saturated rings. The van der Waals surface area contributed by atoms with Gasteiger partial charge in [0.1, 0.15) is 18.1 Å². The summed E-state index contributed by atoms with van der Waals surface area (Å²) in [6.45, 7) is 12.7. The molecular formula is C32H36O4. The Morgan fingerprint density at radius 2 is 1.56 bits per heavy atom. The van der Waals surface area contributed by atoms with Gasteiger partial charge in [0.15, 0.2) is 11.4 Å². The van der Waals surface area contributed by atoms with E-state index in [1.807, 2.05) is 85.8 Å². The maximum absolute atomic E-state index is 12.4. The van der Waals surface area contributed by atoms with Crippen LogP contribution in [-0.2, 0) is 22.7 Å². The molecule has 3 rings (SSSR count). The normalized spacial score (nSPS) is 12.3. The fourth-order valence-corrected chi connectivity index (χ4v) is 3.77. The van der Waals surface area contributed by atoms with Gasteiger partial charge in [-0.25, -0.2) is 0 Å². The van der Waals surface area contributed by atoms with E-state index in [1.165, 1.54) is 6.08 Å². The summed E-state index contributed by atoms with van der Waals surface area (Å²) in [5.41, 5.74) is 3.08.